The third-order valence-electron chi connectivity index (χ3n) is 1.13. The van der Waals surface area contributed by atoms with Crippen LogP contribution in [0.3, 0.4) is 0 Å². The Labute approximate surface area is 85.8 Å². The molecule has 0 amide bonds. The van der Waals surface area contributed by atoms with Crippen LogP contribution in [0.1, 0.15) is 0 Å². The molecule has 1 rings (SSSR count). The Morgan fingerprint density at radius 1 is 1.13 bits per heavy atom. The lowest BCUT2D eigenvalue weighted by atomic mass is 10.3. The first kappa shape index (κ1) is 12.2. The van der Waals surface area contributed by atoms with Crippen molar-refractivity contribution in [3.8, 4) is 5.75 Å². The first-order valence-electron chi connectivity index (χ1n) is 3.55. The van der Waals surface area contributed by atoms with Gasteiger partial charge >= 0.3 is 18.2 Å². The van der Waals surface area contributed by atoms with E-state index < -0.39 is 18.2 Å². The van der Waals surface area contributed by atoms with E-state index in [1.807, 2.05) is 0 Å². The van der Waals surface area contributed by atoms with E-state index in [1.54, 1.807) is 6.07 Å². The van der Waals surface area contributed by atoms with Crippen LogP contribution in [-0.2, 0) is 18.9 Å². The van der Waals surface area contributed by atoms with E-state index in [4.69, 9.17) is 9.79 Å². The Balaban J connectivity index is 2.79. The highest BCUT2D eigenvalue weighted by Gasteiger charge is 2.27. The Kier molecular flexibility index (Phi) is 3.48. The van der Waals surface area contributed by atoms with E-state index in [-0.39, 0.29) is 5.75 Å². The van der Waals surface area contributed by atoms with Gasteiger partial charge in [-0.05, 0) is 12.1 Å². The first-order chi connectivity index (χ1) is 6.79. The van der Waals surface area contributed by atoms with E-state index in [2.05, 4.69) is 8.15 Å². The van der Waals surface area contributed by atoms with Gasteiger partial charge < -0.3 is 14.0 Å². The number of rotatable bonds is 4. The van der Waals surface area contributed by atoms with Crippen molar-refractivity contribution in [2.24, 2.45) is 0 Å². The van der Waals surface area contributed by atoms with Gasteiger partial charge in [0.2, 0.25) is 0 Å². The molecular weight excluding hydrogens is 247 g/mol. The highest BCUT2D eigenvalue weighted by Crippen LogP contribution is 2.38. The number of phosphoric acid groups is 1. The van der Waals surface area contributed by atoms with Gasteiger partial charge in [-0.25, -0.2) is 4.57 Å². The van der Waals surface area contributed by atoms with Gasteiger partial charge in [0.1, 0.15) is 5.75 Å². The standard InChI is InChI=1S/C6H7O7PS/c7-14(8,9)13-15(10,11)12-6-4-2-1-3-5-6/h1-5H,(H2,7,8,9). The molecule has 1 aromatic carbocycles. The Hall–Kier alpha value is -0.920. The molecule has 0 heterocycles. The summed E-state index contributed by atoms with van der Waals surface area (Å²) in [6.07, 6.45) is 0. The van der Waals surface area contributed by atoms with Gasteiger partial charge in [-0.1, -0.05) is 18.2 Å². The Bertz CT molecular complexity index is 462. The molecule has 1 aromatic rings. The van der Waals surface area contributed by atoms with Crippen LogP contribution in [0.2, 0.25) is 0 Å². The van der Waals surface area contributed by atoms with Gasteiger partial charge in [-0.15, -0.1) is 3.97 Å². The number of para-hydroxylation sites is 1. The van der Waals surface area contributed by atoms with Crippen LogP contribution in [0.15, 0.2) is 30.3 Å². The van der Waals surface area contributed by atoms with Crippen molar-refractivity contribution in [2.45, 2.75) is 0 Å². The zero-order valence-electron chi connectivity index (χ0n) is 7.18. The van der Waals surface area contributed by atoms with Crippen LogP contribution < -0.4 is 4.18 Å². The zero-order valence-corrected chi connectivity index (χ0v) is 8.89. The van der Waals surface area contributed by atoms with Crippen LogP contribution in [-0.4, -0.2) is 18.2 Å². The second kappa shape index (κ2) is 4.30. The lowest BCUT2D eigenvalue weighted by Crippen LogP contribution is -2.11. The molecule has 0 unspecified atom stereocenters. The van der Waals surface area contributed by atoms with Crippen molar-refractivity contribution in [1.82, 2.24) is 0 Å². The summed E-state index contributed by atoms with van der Waals surface area (Å²) in [5.41, 5.74) is 0. The van der Waals surface area contributed by atoms with E-state index in [9.17, 15) is 13.0 Å². The van der Waals surface area contributed by atoms with Gasteiger partial charge in [-0.2, -0.15) is 8.42 Å². The molecule has 0 saturated carbocycles. The second-order valence-electron chi connectivity index (χ2n) is 2.37. The number of benzene rings is 1. The van der Waals surface area contributed by atoms with Crippen LogP contribution in [0, 0.1) is 0 Å². The van der Waals surface area contributed by atoms with Gasteiger partial charge in [0.15, 0.2) is 0 Å². The molecule has 0 fully saturated rings. The molecule has 0 atom stereocenters. The van der Waals surface area contributed by atoms with Crippen LogP contribution in [0.25, 0.3) is 0 Å². The quantitative estimate of drug-likeness (QED) is 0.749. The first-order valence-corrected chi connectivity index (χ1v) is 6.41. The molecule has 0 aromatic heterocycles. The summed E-state index contributed by atoms with van der Waals surface area (Å²) in [6, 6.07) is 7.18. The van der Waals surface area contributed by atoms with Crippen molar-refractivity contribution >= 4 is 18.2 Å². The van der Waals surface area contributed by atoms with Crippen LogP contribution in [0.5, 0.6) is 5.75 Å². The summed E-state index contributed by atoms with van der Waals surface area (Å²) in [4.78, 5) is 16.5. The van der Waals surface area contributed by atoms with E-state index in [0.717, 1.165) is 0 Å². The lowest BCUT2D eigenvalue weighted by molar-refractivity contribution is 0.270. The number of hydrogen-bond donors (Lipinski definition) is 2. The average molecular weight is 254 g/mol. The minimum Gasteiger partial charge on any atom is -0.361 e. The zero-order chi connectivity index (χ0) is 11.5. The third kappa shape index (κ3) is 4.91. The lowest BCUT2D eigenvalue weighted by Gasteiger charge is -2.06. The van der Waals surface area contributed by atoms with Crippen LogP contribution in [0.4, 0.5) is 0 Å². The van der Waals surface area contributed by atoms with Gasteiger partial charge in [0, 0.05) is 0 Å². The highest BCUT2D eigenvalue weighted by molar-refractivity contribution is 7.86. The summed E-state index contributed by atoms with van der Waals surface area (Å²) < 4.78 is 39.7. The van der Waals surface area contributed by atoms with Gasteiger partial charge in [0.25, 0.3) is 0 Å². The van der Waals surface area contributed by atoms with Crippen molar-refractivity contribution in [3.63, 3.8) is 0 Å². The fourth-order valence-corrected chi connectivity index (χ4v) is 2.15. The summed E-state index contributed by atoms with van der Waals surface area (Å²) in [6.45, 7) is 0. The largest absolute Gasteiger partial charge is 0.486 e. The maximum atomic E-state index is 10.9. The minimum absolute atomic E-state index is 0.106. The molecule has 2 N–H and O–H groups in total. The topological polar surface area (TPSA) is 110 Å². The molecule has 15 heavy (non-hydrogen) atoms. The molecule has 0 aliphatic rings. The Morgan fingerprint density at radius 2 is 1.67 bits per heavy atom. The molecule has 7 nitrogen and oxygen atoms in total. The third-order valence-corrected chi connectivity index (χ3v) is 3.03. The highest BCUT2D eigenvalue weighted by atomic mass is 32.3. The molecule has 0 saturated heterocycles. The van der Waals surface area contributed by atoms with Crippen molar-refractivity contribution in [1.29, 1.82) is 0 Å². The fourth-order valence-electron chi connectivity index (χ4n) is 0.728. The molecule has 0 aliphatic heterocycles. The van der Waals surface area contributed by atoms with E-state index in [0.29, 0.717) is 0 Å². The monoisotopic (exact) mass is 254 g/mol. The normalized spacial score (nSPS) is 12.4. The van der Waals surface area contributed by atoms with Gasteiger partial charge in [-0.3, -0.25) is 0 Å². The van der Waals surface area contributed by atoms with E-state index >= 15 is 0 Å². The fraction of sp³-hybridized carbons (Fsp3) is 0. The SMILES string of the molecule is O=P(O)(O)OS(=O)(=O)Oc1ccccc1. The van der Waals surface area contributed by atoms with Gasteiger partial charge in [0.05, 0.1) is 0 Å². The molecule has 84 valence electrons. The summed E-state index contributed by atoms with van der Waals surface area (Å²) >= 11 is 0. The molecule has 0 aliphatic carbocycles. The van der Waals surface area contributed by atoms with Crippen molar-refractivity contribution < 1.29 is 30.9 Å². The molecule has 0 bridgehead atoms. The van der Waals surface area contributed by atoms with Crippen molar-refractivity contribution in [2.75, 3.05) is 0 Å². The average Bonchev–Trinajstić information content (AvgIpc) is 1.99. The second-order valence-corrected chi connectivity index (χ2v) is 4.93. The maximum Gasteiger partial charge on any atom is 0.486 e. The Morgan fingerprint density at radius 3 is 2.13 bits per heavy atom. The smallest absolute Gasteiger partial charge is 0.361 e. The molecular formula is C6H7O7PS. The predicted octanol–water partition coefficient (Wildman–Crippen LogP) is 0.419. The summed E-state index contributed by atoms with van der Waals surface area (Å²) in [7, 11) is -9.89. The van der Waals surface area contributed by atoms with Crippen LogP contribution >= 0.6 is 7.82 Å². The molecule has 0 spiro atoms. The summed E-state index contributed by atoms with van der Waals surface area (Å²) in [5, 5.41) is 0. The minimum atomic E-state index is -5.14. The molecule has 9 heteroatoms. The predicted molar refractivity (Wildman–Crippen MR) is 49.1 cm³/mol. The van der Waals surface area contributed by atoms with E-state index in [1.165, 1.54) is 24.3 Å². The van der Waals surface area contributed by atoms with Crippen molar-refractivity contribution in [3.05, 3.63) is 30.3 Å². The summed E-state index contributed by atoms with van der Waals surface area (Å²) in [5.74, 6) is -0.106. The molecule has 0 radical (unpaired) electrons. The maximum absolute atomic E-state index is 10.9. The number of hydrogen-bond acceptors (Lipinski definition) is 5.